The van der Waals surface area contributed by atoms with Gasteiger partial charge >= 0.3 is 0 Å². The van der Waals surface area contributed by atoms with Gasteiger partial charge in [0.2, 0.25) is 11.8 Å². The predicted octanol–water partition coefficient (Wildman–Crippen LogP) is 1.69. The number of nitrogens with zero attached hydrogens (tertiary/aromatic N) is 2. The molecule has 0 spiro atoms. The molecule has 0 saturated carbocycles. The summed E-state index contributed by atoms with van der Waals surface area (Å²) in [6.07, 6.45) is 0.667. The smallest absolute Gasteiger partial charge is 0.245 e. The van der Waals surface area contributed by atoms with Gasteiger partial charge in [0, 0.05) is 26.2 Å². The van der Waals surface area contributed by atoms with Crippen molar-refractivity contribution in [1.29, 1.82) is 0 Å². The lowest BCUT2D eigenvalue weighted by molar-refractivity contribution is -0.153. The molecule has 5 nitrogen and oxygen atoms in total. The molecule has 0 aliphatic carbocycles. The highest BCUT2D eigenvalue weighted by Gasteiger charge is 2.43. The Balaban J connectivity index is 1.66. The molecule has 1 N–H and O–H groups in total. The highest BCUT2D eigenvalue weighted by atomic mass is 19.1. The summed E-state index contributed by atoms with van der Waals surface area (Å²) in [5, 5.41) is 2.88. The average molecular weight is 347 g/mol. The highest BCUT2D eigenvalue weighted by Crippen LogP contribution is 2.21. The average Bonchev–Trinajstić information content (AvgIpc) is 2.55. The van der Waals surface area contributed by atoms with Crippen molar-refractivity contribution in [2.45, 2.75) is 45.8 Å². The first-order valence-corrected chi connectivity index (χ1v) is 8.93. The van der Waals surface area contributed by atoms with Gasteiger partial charge in [-0.05, 0) is 36.5 Å². The number of aryl methyl sites for hydroxylation is 1. The van der Waals surface area contributed by atoms with Gasteiger partial charge in [0.1, 0.15) is 17.9 Å². The molecule has 0 radical (unpaired) electrons. The Hall–Kier alpha value is -1.95. The van der Waals surface area contributed by atoms with Crippen molar-refractivity contribution in [3.63, 3.8) is 0 Å². The molecule has 2 fully saturated rings. The molecule has 0 bridgehead atoms. The van der Waals surface area contributed by atoms with Gasteiger partial charge < -0.3 is 10.2 Å². The normalized spacial score (nSPS) is 24.4. The van der Waals surface area contributed by atoms with Crippen LogP contribution in [-0.2, 0) is 16.1 Å². The summed E-state index contributed by atoms with van der Waals surface area (Å²) in [7, 11) is 0. The molecule has 6 heteroatoms. The lowest BCUT2D eigenvalue weighted by Gasteiger charge is -2.45. The van der Waals surface area contributed by atoms with Crippen LogP contribution in [0.2, 0.25) is 0 Å². The van der Waals surface area contributed by atoms with E-state index in [1.54, 1.807) is 24.0 Å². The monoisotopic (exact) mass is 347 g/mol. The second-order valence-corrected chi connectivity index (χ2v) is 7.56. The Bertz CT molecular complexity index is 677. The Morgan fingerprint density at radius 3 is 2.72 bits per heavy atom. The number of fused-ring (bicyclic) bond motifs is 1. The van der Waals surface area contributed by atoms with Crippen LogP contribution in [0, 0.1) is 18.7 Å². The molecule has 1 aromatic rings. The van der Waals surface area contributed by atoms with E-state index >= 15 is 0 Å². The van der Waals surface area contributed by atoms with Crippen LogP contribution in [0.15, 0.2) is 18.2 Å². The first-order valence-electron chi connectivity index (χ1n) is 8.93. The van der Waals surface area contributed by atoms with Gasteiger partial charge in [-0.15, -0.1) is 0 Å². The minimum absolute atomic E-state index is 0.0272. The molecule has 1 aromatic carbocycles. The number of hydrogen-bond acceptors (Lipinski definition) is 3. The number of carbonyl (C=O) groups is 2. The van der Waals surface area contributed by atoms with Gasteiger partial charge in [0.05, 0.1) is 0 Å². The molecule has 2 heterocycles. The van der Waals surface area contributed by atoms with Crippen LogP contribution >= 0.6 is 0 Å². The molecule has 2 aliphatic rings. The summed E-state index contributed by atoms with van der Waals surface area (Å²) < 4.78 is 13.7. The van der Waals surface area contributed by atoms with Gasteiger partial charge in [-0.2, -0.15) is 0 Å². The molecule has 25 heavy (non-hydrogen) atoms. The van der Waals surface area contributed by atoms with Crippen molar-refractivity contribution in [3.8, 4) is 0 Å². The number of piperazine rings is 2. The van der Waals surface area contributed by atoms with E-state index in [1.165, 1.54) is 0 Å². The van der Waals surface area contributed by atoms with Crippen LogP contribution < -0.4 is 5.32 Å². The summed E-state index contributed by atoms with van der Waals surface area (Å²) in [4.78, 5) is 28.9. The van der Waals surface area contributed by atoms with E-state index in [9.17, 15) is 14.0 Å². The lowest BCUT2D eigenvalue weighted by atomic mass is 9.97. The summed E-state index contributed by atoms with van der Waals surface area (Å²) in [6.45, 7) is 8.14. The SMILES string of the molecule is Cc1ccc(CN2CCN3C(=O)[C@H](CC(C)C)NC(=O)[C@H]3C2)cc1F. The van der Waals surface area contributed by atoms with E-state index in [2.05, 4.69) is 10.2 Å². The summed E-state index contributed by atoms with van der Waals surface area (Å²) in [5.41, 5.74) is 1.51. The fourth-order valence-corrected chi connectivity index (χ4v) is 3.63. The molecule has 0 unspecified atom stereocenters. The summed E-state index contributed by atoms with van der Waals surface area (Å²) in [5.74, 6) is 0.0890. The van der Waals surface area contributed by atoms with Crippen molar-refractivity contribution < 1.29 is 14.0 Å². The minimum Gasteiger partial charge on any atom is -0.342 e. The van der Waals surface area contributed by atoms with E-state index in [4.69, 9.17) is 0 Å². The van der Waals surface area contributed by atoms with Gasteiger partial charge in [-0.3, -0.25) is 14.5 Å². The Morgan fingerprint density at radius 1 is 1.28 bits per heavy atom. The second-order valence-electron chi connectivity index (χ2n) is 7.56. The van der Waals surface area contributed by atoms with Crippen molar-refractivity contribution in [2.75, 3.05) is 19.6 Å². The standard InChI is InChI=1S/C19H26FN3O2/c1-12(2)8-16-19(25)23-7-6-22(11-17(23)18(24)21-16)10-14-5-4-13(3)15(20)9-14/h4-5,9,12,16-17H,6-8,10-11H2,1-3H3,(H,21,24)/t16-,17+/m0/s1. The molecule has 3 rings (SSSR count). The largest absolute Gasteiger partial charge is 0.342 e. The number of rotatable bonds is 4. The van der Waals surface area contributed by atoms with Crippen molar-refractivity contribution in [2.24, 2.45) is 5.92 Å². The van der Waals surface area contributed by atoms with E-state index in [0.29, 0.717) is 44.1 Å². The Morgan fingerprint density at radius 2 is 2.04 bits per heavy atom. The van der Waals surface area contributed by atoms with Crippen LogP contribution in [0.1, 0.15) is 31.4 Å². The molecule has 136 valence electrons. The minimum atomic E-state index is -0.444. The zero-order valence-corrected chi connectivity index (χ0v) is 15.1. The van der Waals surface area contributed by atoms with Crippen LogP contribution in [0.25, 0.3) is 0 Å². The van der Waals surface area contributed by atoms with Crippen LogP contribution in [0.5, 0.6) is 0 Å². The lowest BCUT2D eigenvalue weighted by Crippen LogP contribution is -2.69. The Kier molecular flexibility index (Phi) is 5.08. The summed E-state index contributed by atoms with van der Waals surface area (Å²) >= 11 is 0. The topological polar surface area (TPSA) is 52.6 Å². The molecular weight excluding hydrogens is 321 g/mol. The van der Waals surface area contributed by atoms with Crippen molar-refractivity contribution >= 4 is 11.8 Å². The molecule has 2 atom stereocenters. The maximum atomic E-state index is 13.7. The van der Waals surface area contributed by atoms with Gasteiger partial charge in [-0.1, -0.05) is 26.0 Å². The molecule has 2 aliphatic heterocycles. The van der Waals surface area contributed by atoms with Crippen LogP contribution in [-0.4, -0.2) is 53.3 Å². The van der Waals surface area contributed by atoms with E-state index in [0.717, 1.165) is 5.56 Å². The van der Waals surface area contributed by atoms with E-state index < -0.39 is 12.1 Å². The van der Waals surface area contributed by atoms with Crippen LogP contribution in [0.4, 0.5) is 4.39 Å². The Labute approximate surface area is 148 Å². The van der Waals surface area contributed by atoms with Gasteiger partial charge in [-0.25, -0.2) is 4.39 Å². The number of benzene rings is 1. The zero-order valence-electron chi connectivity index (χ0n) is 15.1. The maximum absolute atomic E-state index is 13.7. The number of amides is 2. The van der Waals surface area contributed by atoms with E-state index in [-0.39, 0.29) is 17.6 Å². The molecule has 0 aromatic heterocycles. The zero-order chi connectivity index (χ0) is 18.1. The van der Waals surface area contributed by atoms with Crippen molar-refractivity contribution in [1.82, 2.24) is 15.1 Å². The maximum Gasteiger partial charge on any atom is 0.245 e. The fraction of sp³-hybridized carbons (Fsp3) is 0.579. The highest BCUT2D eigenvalue weighted by molar-refractivity contribution is 5.97. The first kappa shape index (κ1) is 17.9. The third kappa shape index (κ3) is 3.84. The summed E-state index contributed by atoms with van der Waals surface area (Å²) in [6, 6.07) is 4.39. The number of carbonyl (C=O) groups excluding carboxylic acids is 2. The molecule has 2 saturated heterocycles. The second kappa shape index (κ2) is 7.12. The fourth-order valence-electron chi connectivity index (χ4n) is 3.63. The predicted molar refractivity (Wildman–Crippen MR) is 93.3 cm³/mol. The number of hydrogen-bond donors (Lipinski definition) is 1. The van der Waals surface area contributed by atoms with Crippen molar-refractivity contribution in [3.05, 3.63) is 35.1 Å². The van der Waals surface area contributed by atoms with Gasteiger partial charge in [0.25, 0.3) is 0 Å². The molecular formula is C19H26FN3O2. The third-order valence-electron chi connectivity index (χ3n) is 5.01. The third-order valence-corrected chi connectivity index (χ3v) is 5.01. The first-order chi connectivity index (χ1) is 11.8. The van der Waals surface area contributed by atoms with Crippen LogP contribution in [0.3, 0.4) is 0 Å². The van der Waals surface area contributed by atoms with Gasteiger partial charge in [0.15, 0.2) is 0 Å². The number of nitrogens with one attached hydrogen (secondary N) is 1. The quantitative estimate of drug-likeness (QED) is 0.902. The van der Waals surface area contributed by atoms with E-state index in [1.807, 2.05) is 19.9 Å². The molecule has 2 amide bonds. The number of halogens is 1.